The molecule has 0 radical (unpaired) electrons. The number of fused-ring (bicyclic) bond motifs is 2. The van der Waals surface area contributed by atoms with Crippen molar-refractivity contribution in [2.75, 3.05) is 18.2 Å². The molecule has 0 spiro atoms. The summed E-state index contributed by atoms with van der Waals surface area (Å²) in [5.41, 5.74) is 3.49. The molecule has 2 aliphatic rings. The third kappa shape index (κ3) is 2.32. The van der Waals surface area contributed by atoms with E-state index in [1.54, 1.807) is 0 Å². The van der Waals surface area contributed by atoms with Gasteiger partial charge in [0.25, 0.3) is 0 Å². The molecule has 0 amide bonds. The van der Waals surface area contributed by atoms with Crippen LogP contribution in [0.15, 0.2) is 36.4 Å². The average Bonchev–Trinajstić information content (AvgIpc) is 2.53. The number of ether oxygens (including phenoxy) is 2. The highest BCUT2D eigenvalue weighted by molar-refractivity contribution is 6.33. The van der Waals surface area contributed by atoms with E-state index < -0.39 is 0 Å². The standard InChI is InChI=1S/C17H16ClNO2/c18-14-5-1-2-6-15(14)19-10-13-8-12-4-3-7-20-16(12)9-17(13)21-11-19/h1-2,5-6,8-9H,3-4,7,10-11H2. The van der Waals surface area contributed by atoms with Crippen LogP contribution < -0.4 is 14.4 Å². The molecule has 0 saturated carbocycles. The number of hydrogen-bond donors (Lipinski definition) is 0. The van der Waals surface area contributed by atoms with E-state index in [2.05, 4.69) is 11.0 Å². The highest BCUT2D eigenvalue weighted by Gasteiger charge is 2.22. The lowest BCUT2D eigenvalue weighted by atomic mass is 10.0. The fourth-order valence-electron chi connectivity index (χ4n) is 2.95. The summed E-state index contributed by atoms with van der Waals surface area (Å²) in [6.07, 6.45) is 2.16. The first kappa shape index (κ1) is 12.8. The molecule has 4 rings (SSSR count). The number of nitrogens with zero attached hydrogens (tertiary/aromatic N) is 1. The summed E-state index contributed by atoms with van der Waals surface area (Å²) < 4.78 is 11.6. The van der Waals surface area contributed by atoms with E-state index in [1.165, 1.54) is 11.1 Å². The molecule has 0 atom stereocenters. The molecule has 0 N–H and O–H groups in total. The maximum atomic E-state index is 6.28. The minimum atomic E-state index is 0.509. The van der Waals surface area contributed by atoms with E-state index in [0.717, 1.165) is 48.2 Å². The van der Waals surface area contributed by atoms with Crippen LogP contribution in [0.1, 0.15) is 17.5 Å². The third-order valence-electron chi connectivity index (χ3n) is 4.02. The molecule has 108 valence electrons. The predicted octanol–water partition coefficient (Wildman–Crippen LogP) is 4.02. The number of benzene rings is 2. The first-order valence-corrected chi connectivity index (χ1v) is 7.60. The summed E-state index contributed by atoms with van der Waals surface area (Å²) in [4.78, 5) is 2.15. The normalized spacial score (nSPS) is 16.5. The summed E-state index contributed by atoms with van der Waals surface area (Å²) >= 11 is 6.28. The van der Waals surface area contributed by atoms with Crippen LogP contribution in [-0.4, -0.2) is 13.3 Å². The first-order valence-electron chi connectivity index (χ1n) is 7.22. The van der Waals surface area contributed by atoms with E-state index in [9.17, 15) is 0 Å². The van der Waals surface area contributed by atoms with Gasteiger partial charge in [-0.15, -0.1) is 0 Å². The predicted molar refractivity (Wildman–Crippen MR) is 83.4 cm³/mol. The fraction of sp³-hybridized carbons (Fsp3) is 0.294. The van der Waals surface area contributed by atoms with Crippen molar-refractivity contribution in [3.8, 4) is 11.5 Å². The lowest BCUT2D eigenvalue weighted by molar-refractivity contribution is 0.270. The second-order valence-corrected chi connectivity index (χ2v) is 5.85. The second-order valence-electron chi connectivity index (χ2n) is 5.44. The molecule has 2 heterocycles. The zero-order valence-corrected chi connectivity index (χ0v) is 12.4. The Hall–Kier alpha value is -1.87. The molecular formula is C17H16ClNO2. The Morgan fingerprint density at radius 3 is 2.76 bits per heavy atom. The van der Waals surface area contributed by atoms with Crippen LogP contribution in [-0.2, 0) is 13.0 Å². The van der Waals surface area contributed by atoms with E-state index in [1.807, 2.05) is 30.3 Å². The first-order chi connectivity index (χ1) is 10.3. The van der Waals surface area contributed by atoms with Crippen molar-refractivity contribution in [1.82, 2.24) is 0 Å². The van der Waals surface area contributed by atoms with E-state index in [0.29, 0.717) is 6.73 Å². The van der Waals surface area contributed by atoms with Crippen molar-refractivity contribution < 1.29 is 9.47 Å². The molecule has 0 saturated heterocycles. The van der Waals surface area contributed by atoms with Crippen molar-refractivity contribution in [1.29, 1.82) is 0 Å². The molecule has 4 heteroatoms. The molecule has 2 aromatic rings. The molecule has 2 aliphatic heterocycles. The van der Waals surface area contributed by atoms with Gasteiger partial charge < -0.3 is 14.4 Å². The van der Waals surface area contributed by atoms with Gasteiger partial charge in [0.05, 0.1) is 17.3 Å². The highest BCUT2D eigenvalue weighted by Crippen LogP contribution is 2.37. The van der Waals surface area contributed by atoms with Crippen LogP contribution in [0.2, 0.25) is 5.02 Å². The zero-order valence-electron chi connectivity index (χ0n) is 11.6. The van der Waals surface area contributed by atoms with Gasteiger partial charge in [-0.3, -0.25) is 0 Å². The quantitative estimate of drug-likeness (QED) is 0.794. The van der Waals surface area contributed by atoms with Gasteiger partial charge in [0.15, 0.2) is 6.73 Å². The summed E-state index contributed by atoms with van der Waals surface area (Å²) in [5, 5.41) is 0.755. The van der Waals surface area contributed by atoms with Gasteiger partial charge in [-0.2, -0.15) is 0 Å². The maximum absolute atomic E-state index is 6.28. The van der Waals surface area contributed by atoms with Gasteiger partial charge in [-0.1, -0.05) is 23.7 Å². The molecule has 3 nitrogen and oxygen atoms in total. The van der Waals surface area contributed by atoms with E-state index >= 15 is 0 Å². The molecule has 2 aromatic carbocycles. The van der Waals surface area contributed by atoms with Gasteiger partial charge in [0.1, 0.15) is 11.5 Å². The van der Waals surface area contributed by atoms with Gasteiger partial charge in [0.2, 0.25) is 0 Å². The van der Waals surface area contributed by atoms with Crippen molar-refractivity contribution in [2.24, 2.45) is 0 Å². The Morgan fingerprint density at radius 1 is 1.00 bits per heavy atom. The van der Waals surface area contributed by atoms with Gasteiger partial charge in [-0.05, 0) is 36.6 Å². The van der Waals surface area contributed by atoms with Gasteiger partial charge in [0, 0.05) is 18.2 Å². The third-order valence-corrected chi connectivity index (χ3v) is 4.34. The molecule has 0 bridgehead atoms. The van der Waals surface area contributed by atoms with Gasteiger partial charge in [-0.25, -0.2) is 0 Å². The van der Waals surface area contributed by atoms with Crippen molar-refractivity contribution >= 4 is 17.3 Å². The minimum Gasteiger partial charge on any atom is -0.493 e. The van der Waals surface area contributed by atoms with Crippen LogP contribution in [0.25, 0.3) is 0 Å². The summed E-state index contributed by atoms with van der Waals surface area (Å²) in [5.74, 6) is 1.91. The van der Waals surface area contributed by atoms with Gasteiger partial charge >= 0.3 is 0 Å². The minimum absolute atomic E-state index is 0.509. The van der Waals surface area contributed by atoms with Crippen molar-refractivity contribution in [2.45, 2.75) is 19.4 Å². The molecule has 21 heavy (non-hydrogen) atoms. The highest BCUT2D eigenvalue weighted by atomic mass is 35.5. The SMILES string of the molecule is Clc1ccccc1N1COc2cc3c(cc2C1)CCCO3. The monoisotopic (exact) mass is 301 g/mol. The molecule has 0 aliphatic carbocycles. The number of hydrogen-bond acceptors (Lipinski definition) is 3. The Labute approximate surface area is 129 Å². The second kappa shape index (κ2) is 5.15. The Balaban J connectivity index is 1.67. The molecular weight excluding hydrogens is 286 g/mol. The van der Waals surface area contributed by atoms with Crippen molar-refractivity contribution in [3.05, 3.63) is 52.5 Å². The lowest BCUT2D eigenvalue weighted by Crippen LogP contribution is -2.32. The van der Waals surface area contributed by atoms with Crippen LogP contribution in [0.5, 0.6) is 11.5 Å². The van der Waals surface area contributed by atoms with Crippen LogP contribution in [0.3, 0.4) is 0 Å². The number of anilines is 1. The lowest BCUT2D eigenvalue weighted by Gasteiger charge is -2.32. The summed E-state index contributed by atoms with van der Waals surface area (Å²) in [6, 6.07) is 12.1. The Bertz CT molecular complexity index is 686. The van der Waals surface area contributed by atoms with Crippen molar-refractivity contribution in [3.63, 3.8) is 0 Å². The maximum Gasteiger partial charge on any atom is 0.161 e. The zero-order chi connectivity index (χ0) is 14.2. The fourth-order valence-corrected chi connectivity index (χ4v) is 3.21. The molecule has 0 fully saturated rings. The summed E-state index contributed by atoms with van der Waals surface area (Å²) in [6.45, 7) is 2.12. The largest absolute Gasteiger partial charge is 0.493 e. The number of aryl methyl sites for hydroxylation is 1. The van der Waals surface area contributed by atoms with E-state index in [-0.39, 0.29) is 0 Å². The van der Waals surface area contributed by atoms with Crippen LogP contribution >= 0.6 is 11.6 Å². The number of rotatable bonds is 1. The topological polar surface area (TPSA) is 21.7 Å². The number of para-hydroxylation sites is 1. The molecule has 0 unspecified atom stereocenters. The number of halogens is 1. The average molecular weight is 302 g/mol. The van der Waals surface area contributed by atoms with Crippen LogP contribution in [0.4, 0.5) is 5.69 Å². The smallest absolute Gasteiger partial charge is 0.161 e. The van der Waals surface area contributed by atoms with Crippen LogP contribution in [0, 0.1) is 0 Å². The molecule has 0 aromatic heterocycles. The summed E-state index contributed by atoms with van der Waals surface area (Å²) in [7, 11) is 0. The Kier molecular flexibility index (Phi) is 3.15. The Morgan fingerprint density at radius 2 is 1.86 bits per heavy atom. The van der Waals surface area contributed by atoms with E-state index in [4.69, 9.17) is 21.1 Å².